The average Bonchev–Trinajstić information content (AvgIpc) is 2.88. The van der Waals surface area contributed by atoms with E-state index in [2.05, 4.69) is 5.32 Å². The van der Waals surface area contributed by atoms with Gasteiger partial charge in [0.05, 0.1) is 22.8 Å². The van der Waals surface area contributed by atoms with Crippen molar-refractivity contribution in [3.63, 3.8) is 0 Å². The Morgan fingerprint density at radius 2 is 1.84 bits per heavy atom. The molecular formula is C22H26FNO5S2. The van der Waals surface area contributed by atoms with Crippen LogP contribution in [0.25, 0.3) is 0 Å². The summed E-state index contributed by atoms with van der Waals surface area (Å²) in [5.74, 6) is -1.52. The molecule has 0 fully saturated rings. The molecule has 0 saturated heterocycles. The highest BCUT2D eigenvalue weighted by molar-refractivity contribution is 7.91. The minimum absolute atomic E-state index is 0.00867. The van der Waals surface area contributed by atoms with Crippen molar-refractivity contribution in [3.05, 3.63) is 46.1 Å². The Balaban J connectivity index is 1.66. The number of thiophene rings is 1. The van der Waals surface area contributed by atoms with Crippen molar-refractivity contribution in [2.24, 2.45) is 0 Å². The van der Waals surface area contributed by atoms with Crippen LogP contribution in [0.1, 0.15) is 59.8 Å². The molecule has 0 aliphatic heterocycles. The van der Waals surface area contributed by atoms with Crippen molar-refractivity contribution in [3.8, 4) is 0 Å². The van der Waals surface area contributed by atoms with Crippen LogP contribution in [0.5, 0.6) is 0 Å². The number of sulfone groups is 1. The number of nitrogens with one attached hydrogen (secondary N) is 1. The number of halogens is 1. The van der Waals surface area contributed by atoms with Gasteiger partial charge in [-0.25, -0.2) is 17.6 Å². The molecule has 1 heterocycles. The number of hydrogen-bond donors (Lipinski definition) is 1. The van der Waals surface area contributed by atoms with Gasteiger partial charge in [0.2, 0.25) is 5.91 Å². The molecule has 1 aromatic heterocycles. The van der Waals surface area contributed by atoms with E-state index in [0.717, 1.165) is 54.7 Å². The first-order valence-electron chi connectivity index (χ1n) is 10.4. The number of esters is 1. The molecule has 0 atom stereocenters. The molecule has 1 aliphatic rings. The molecule has 9 heteroatoms. The summed E-state index contributed by atoms with van der Waals surface area (Å²) in [7, 11) is -3.60. The van der Waals surface area contributed by atoms with Gasteiger partial charge in [0.25, 0.3) is 0 Å². The van der Waals surface area contributed by atoms with Crippen molar-refractivity contribution in [1.82, 2.24) is 0 Å². The van der Waals surface area contributed by atoms with E-state index in [4.69, 9.17) is 4.74 Å². The molecule has 168 valence electrons. The fourth-order valence-corrected chi connectivity index (χ4v) is 6.23. The molecule has 0 saturated carbocycles. The predicted octanol–water partition coefficient (Wildman–Crippen LogP) is 4.53. The van der Waals surface area contributed by atoms with Gasteiger partial charge in [-0.2, -0.15) is 0 Å². The molecular weight excluding hydrogens is 441 g/mol. The molecule has 6 nitrogen and oxygen atoms in total. The first kappa shape index (κ1) is 23.4. The third-order valence-electron chi connectivity index (χ3n) is 5.14. The second-order valence-corrected chi connectivity index (χ2v) is 10.6. The maximum absolute atomic E-state index is 13.0. The van der Waals surface area contributed by atoms with Crippen LogP contribution in [-0.4, -0.2) is 32.7 Å². The molecule has 0 spiro atoms. The molecule has 0 unspecified atom stereocenters. The van der Waals surface area contributed by atoms with Crippen molar-refractivity contribution in [2.45, 2.75) is 56.8 Å². The van der Waals surface area contributed by atoms with Gasteiger partial charge in [-0.05, 0) is 68.9 Å². The van der Waals surface area contributed by atoms with Crippen LogP contribution in [0, 0.1) is 5.82 Å². The minimum atomic E-state index is -3.60. The van der Waals surface area contributed by atoms with Crippen molar-refractivity contribution >= 4 is 38.1 Å². The van der Waals surface area contributed by atoms with E-state index in [1.54, 1.807) is 6.92 Å². The molecule has 3 rings (SSSR count). The average molecular weight is 468 g/mol. The number of amides is 1. The second-order valence-electron chi connectivity index (χ2n) is 7.41. The highest BCUT2D eigenvalue weighted by Crippen LogP contribution is 2.38. The maximum Gasteiger partial charge on any atom is 0.341 e. The van der Waals surface area contributed by atoms with E-state index in [1.807, 2.05) is 0 Å². The number of anilines is 1. The lowest BCUT2D eigenvalue weighted by Gasteiger charge is -2.09. The molecule has 1 aliphatic carbocycles. The predicted molar refractivity (Wildman–Crippen MR) is 118 cm³/mol. The molecule has 1 aromatic carbocycles. The Morgan fingerprint density at radius 3 is 2.55 bits per heavy atom. The number of ether oxygens (including phenoxy) is 1. The zero-order valence-corrected chi connectivity index (χ0v) is 19.0. The molecule has 2 aromatic rings. The normalized spacial score (nSPS) is 13.9. The fourth-order valence-electron chi connectivity index (χ4n) is 3.62. The van der Waals surface area contributed by atoms with Crippen LogP contribution in [0.3, 0.4) is 0 Å². The number of hydrogen-bond acceptors (Lipinski definition) is 6. The summed E-state index contributed by atoms with van der Waals surface area (Å²) in [6.07, 6.45) is 4.91. The molecule has 1 amide bonds. The zero-order valence-electron chi connectivity index (χ0n) is 17.4. The van der Waals surface area contributed by atoms with E-state index in [1.165, 1.54) is 23.5 Å². The smallest absolute Gasteiger partial charge is 0.341 e. The zero-order chi connectivity index (χ0) is 22.4. The second kappa shape index (κ2) is 10.4. The van der Waals surface area contributed by atoms with Gasteiger partial charge < -0.3 is 10.1 Å². The summed E-state index contributed by atoms with van der Waals surface area (Å²) in [6, 6.07) is 4.62. The number of aryl methyl sites for hydroxylation is 1. The standard InChI is InChI=1S/C22H26FNO5S2/c1-2-29-22(26)20-17-7-4-3-5-8-18(17)30-21(20)24-19(25)9-6-14-31(27,28)16-12-10-15(23)11-13-16/h10-13H,2-9,14H2,1H3,(H,24,25). The van der Waals surface area contributed by atoms with Gasteiger partial charge in [-0.3, -0.25) is 4.79 Å². The molecule has 0 radical (unpaired) electrons. The topological polar surface area (TPSA) is 89.5 Å². The van der Waals surface area contributed by atoms with Crippen molar-refractivity contribution in [2.75, 3.05) is 17.7 Å². The summed E-state index contributed by atoms with van der Waals surface area (Å²) in [6.45, 7) is 1.99. The van der Waals surface area contributed by atoms with Crippen LogP contribution in [0.15, 0.2) is 29.2 Å². The number of benzene rings is 1. The van der Waals surface area contributed by atoms with Crippen molar-refractivity contribution < 1.29 is 27.1 Å². The van der Waals surface area contributed by atoms with Crippen LogP contribution in [0.4, 0.5) is 9.39 Å². The lowest BCUT2D eigenvalue weighted by molar-refractivity contribution is -0.116. The number of carbonyl (C=O) groups is 2. The van der Waals surface area contributed by atoms with Crippen LogP contribution >= 0.6 is 11.3 Å². The van der Waals surface area contributed by atoms with E-state index in [-0.39, 0.29) is 36.0 Å². The maximum atomic E-state index is 13.0. The lowest BCUT2D eigenvalue weighted by Crippen LogP contribution is -2.16. The largest absolute Gasteiger partial charge is 0.462 e. The quantitative estimate of drug-likeness (QED) is 0.350. The van der Waals surface area contributed by atoms with E-state index < -0.39 is 21.6 Å². The van der Waals surface area contributed by atoms with E-state index in [9.17, 15) is 22.4 Å². The first-order chi connectivity index (χ1) is 14.8. The van der Waals surface area contributed by atoms with Gasteiger partial charge >= 0.3 is 5.97 Å². The highest BCUT2D eigenvalue weighted by Gasteiger charge is 2.26. The Bertz CT molecular complexity index is 1040. The van der Waals surface area contributed by atoms with Gasteiger partial charge in [0, 0.05) is 11.3 Å². The number of fused-ring (bicyclic) bond motifs is 1. The summed E-state index contributed by atoms with van der Waals surface area (Å²) < 4.78 is 42.9. The van der Waals surface area contributed by atoms with Gasteiger partial charge in [0.1, 0.15) is 10.8 Å². The Labute approximate surface area is 185 Å². The van der Waals surface area contributed by atoms with Crippen molar-refractivity contribution in [1.29, 1.82) is 0 Å². The number of carbonyl (C=O) groups excluding carboxylic acids is 2. The third-order valence-corrected chi connectivity index (χ3v) is 8.17. The fraction of sp³-hybridized carbons (Fsp3) is 0.455. The lowest BCUT2D eigenvalue weighted by atomic mass is 10.1. The third kappa shape index (κ3) is 5.92. The van der Waals surface area contributed by atoms with Crippen LogP contribution in [0.2, 0.25) is 0 Å². The molecule has 31 heavy (non-hydrogen) atoms. The first-order valence-corrected chi connectivity index (χ1v) is 12.9. The van der Waals surface area contributed by atoms with Crippen LogP contribution < -0.4 is 5.32 Å². The van der Waals surface area contributed by atoms with Crippen LogP contribution in [-0.2, 0) is 32.2 Å². The molecule has 0 bridgehead atoms. The molecule has 1 N–H and O–H groups in total. The Kier molecular flexibility index (Phi) is 7.83. The van der Waals surface area contributed by atoms with Gasteiger partial charge in [-0.15, -0.1) is 11.3 Å². The minimum Gasteiger partial charge on any atom is -0.462 e. The van der Waals surface area contributed by atoms with Gasteiger partial charge in [0.15, 0.2) is 9.84 Å². The Hall–Kier alpha value is -2.26. The highest BCUT2D eigenvalue weighted by atomic mass is 32.2. The number of rotatable bonds is 8. The summed E-state index contributed by atoms with van der Waals surface area (Å²) in [5, 5.41) is 3.28. The SMILES string of the molecule is CCOC(=O)c1c(NC(=O)CCCS(=O)(=O)c2ccc(F)cc2)sc2c1CCCCC2. The summed E-state index contributed by atoms with van der Waals surface area (Å²) >= 11 is 1.41. The Morgan fingerprint density at radius 1 is 1.13 bits per heavy atom. The summed E-state index contributed by atoms with van der Waals surface area (Å²) in [5.41, 5.74) is 1.41. The van der Waals surface area contributed by atoms with E-state index in [0.29, 0.717) is 10.6 Å². The summed E-state index contributed by atoms with van der Waals surface area (Å²) in [4.78, 5) is 26.2. The van der Waals surface area contributed by atoms with Gasteiger partial charge in [-0.1, -0.05) is 6.42 Å². The van der Waals surface area contributed by atoms with E-state index >= 15 is 0 Å². The monoisotopic (exact) mass is 467 g/mol.